The van der Waals surface area contributed by atoms with Crippen molar-refractivity contribution in [3.05, 3.63) is 39.8 Å². The van der Waals surface area contributed by atoms with Crippen LogP contribution in [0, 0.1) is 6.92 Å². The van der Waals surface area contributed by atoms with E-state index < -0.39 is 46.2 Å². The number of Topliss-reactive ketones (excluding diaryl/α,β-unsaturated/α-hetero) is 2. The van der Waals surface area contributed by atoms with Crippen LogP contribution in [0.1, 0.15) is 49.2 Å². The number of fused-ring (bicyclic) bond motifs is 3. The van der Waals surface area contributed by atoms with Crippen LogP contribution in [0.4, 0.5) is 0 Å². The van der Waals surface area contributed by atoms with Gasteiger partial charge in [0.2, 0.25) is 5.91 Å². The zero-order chi connectivity index (χ0) is 22.7. The van der Waals surface area contributed by atoms with E-state index in [-0.39, 0.29) is 39.5 Å². The Kier molecular flexibility index (Phi) is 4.73. The van der Waals surface area contributed by atoms with Crippen LogP contribution in [0.5, 0.6) is 17.2 Å². The second kappa shape index (κ2) is 6.72. The predicted octanol–water partition coefficient (Wildman–Crippen LogP) is 1.03. The van der Waals surface area contributed by atoms with E-state index in [0.29, 0.717) is 0 Å². The van der Waals surface area contributed by atoms with E-state index in [1.807, 2.05) is 0 Å². The molecule has 1 aromatic carbocycles. The summed E-state index contributed by atoms with van der Waals surface area (Å²) in [5.41, 5.74) is 3.38. The van der Waals surface area contributed by atoms with Crippen LogP contribution in [-0.2, 0) is 19.8 Å². The molecule has 0 aromatic heterocycles. The highest BCUT2D eigenvalue weighted by Crippen LogP contribution is 2.57. The van der Waals surface area contributed by atoms with Gasteiger partial charge < -0.3 is 26.0 Å². The molecule has 0 fully saturated rings. The van der Waals surface area contributed by atoms with Gasteiger partial charge >= 0.3 is 0 Å². The Morgan fingerprint density at radius 2 is 1.80 bits per heavy atom. The number of hydrogen-bond donors (Lipinski definition) is 4. The second-order valence-electron chi connectivity index (χ2n) is 7.65. The van der Waals surface area contributed by atoms with Crippen LogP contribution >= 0.6 is 0 Å². The van der Waals surface area contributed by atoms with Gasteiger partial charge in [0.1, 0.15) is 40.0 Å². The minimum absolute atomic E-state index is 0.000000262. The van der Waals surface area contributed by atoms with E-state index in [1.54, 1.807) is 0 Å². The Hall–Kier alpha value is -3.62. The average molecular weight is 414 g/mol. The number of aromatic hydroxyl groups is 2. The van der Waals surface area contributed by atoms with Gasteiger partial charge in [-0.25, -0.2) is 0 Å². The topological polar surface area (TPSA) is 156 Å². The molecule has 0 radical (unpaired) electrons. The van der Waals surface area contributed by atoms with Gasteiger partial charge in [0.05, 0.1) is 11.1 Å². The fraction of sp³-hybridized carbons (Fsp3) is 0.333. The molecule has 0 bridgehead atoms. The van der Waals surface area contributed by atoms with E-state index in [2.05, 4.69) is 5.32 Å². The molecule has 2 atom stereocenters. The van der Waals surface area contributed by atoms with Crippen LogP contribution in [0.25, 0.3) is 0 Å². The van der Waals surface area contributed by atoms with Crippen molar-refractivity contribution in [3.63, 3.8) is 0 Å². The molecule has 1 aromatic rings. The summed E-state index contributed by atoms with van der Waals surface area (Å²) in [4.78, 5) is 49.7. The van der Waals surface area contributed by atoms with E-state index in [1.165, 1.54) is 34.6 Å². The van der Waals surface area contributed by atoms with E-state index in [9.17, 15) is 29.4 Å². The molecule has 0 unspecified atom stereocenters. The highest BCUT2D eigenvalue weighted by molar-refractivity contribution is 6.31. The highest BCUT2D eigenvalue weighted by Gasteiger charge is 2.56. The van der Waals surface area contributed by atoms with Gasteiger partial charge in [-0.1, -0.05) is 0 Å². The number of carbonyl (C=O) groups excluding carboxylic acids is 4. The molecule has 0 spiro atoms. The number of phenols is 2. The van der Waals surface area contributed by atoms with Gasteiger partial charge in [0.25, 0.3) is 0 Å². The first-order chi connectivity index (χ1) is 13.8. The Morgan fingerprint density at radius 1 is 1.20 bits per heavy atom. The third-order valence-electron chi connectivity index (χ3n) is 5.62. The number of nitrogens with one attached hydrogen (secondary N) is 1. The van der Waals surface area contributed by atoms with Crippen molar-refractivity contribution in [2.75, 3.05) is 0 Å². The number of ether oxygens (including phenoxy) is 1. The summed E-state index contributed by atoms with van der Waals surface area (Å²) in [5, 5.41) is 23.8. The van der Waals surface area contributed by atoms with Crippen molar-refractivity contribution in [2.24, 2.45) is 5.73 Å². The summed E-state index contributed by atoms with van der Waals surface area (Å²) in [7, 11) is 0. The molecule has 1 aliphatic heterocycles. The first-order valence-electron chi connectivity index (χ1n) is 9.19. The van der Waals surface area contributed by atoms with E-state index in [0.717, 1.165) is 6.08 Å². The van der Waals surface area contributed by atoms with Crippen molar-refractivity contribution in [1.29, 1.82) is 0 Å². The lowest BCUT2D eigenvalue weighted by atomic mass is 9.70. The lowest BCUT2D eigenvalue weighted by Crippen LogP contribution is -2.43. The largest absolute Gasteiger partial charge is 0.507 e. The Morgan fingerprint density at radius 3 is 2.33 bits per heavy atom. The predicted molar refractivity (Wildman–Crippen MR) is 105 cm³/mol. The number of nitrogens with two attached hydrogens (primary N) is 1. The molecular formula is C21H22N2O7. The maximum absolute atomic E-state index is 13.5. The van der Waals surface area contributed by atoms with Crippen molar-refractivity contribution in [1.82, 2.24) is 5.32 Å². The average Bonchev–Trinajstić information content (AvgIpc) is 2.93. The van der Waals surface area contributed by atoms with Crippen LogP contribution in [-0.4, -0.2) is 39.5 Å². The Bertz CT molecular complexity index is 1110. The van der Waals surface area contributed by atoms with Gasteiger partial charge in [-0.05, 0) is 34.6 Å². The summed E-state index contributed by atoms with van der Waals surface area (Å²) >= 11 is 0. The van der Waals surface area contributed by atoms with Crippen LogP contribution in [0.15, 0.2) is 23.1 Å². The number of hydrogen-bond acceptors (Lipinski definition) is 8. The van der Waals surface area contributed by atoms with Crippen LogP contribution in [0.2, 0.25) is 0 Å². The molecule has 1 heterocycles. The first-order valence-corrected chi connectivity index (χ1v) is 9.19. The summed E-state index contributed by atoms with van der Waals surface area (Å²) < 4.78 is 5.67. The van der Waals surface area contributed by atoms with Crippen molar-refractivity contribution in [3.8, 4) is 17.2 Å². The lowest BCUT2D eigenvalue weighted by Gasteiger charge is -2.29. The Labute approximate surface area is 172 Å². The minimum Gasteiger partial charge on any atom is -0.507 e. The molecule has 9 heteroatoms. The van der Waals surface area contributed by atoms with Gasteiger partial charge in [-0.3, -0.25) is 19.2 Å². The zero-order valence-electron chi connectivity index (χ0n) is 17.2. The number of amides is 1. The number of primary amides is 1. The monoisotopic (exact) mass is 414 g/mol. The van der Waals surface area contributed by atoms with Crippen LogP contribution < -0.4 is 15.8 Å². The summed E-state index contributed by atoms with van der Waals surface area (Å²) in [5.74, 6) is -3.62. The first kappa shape index (κ1) is 21.1. The number of rotatable bonds is 4. The maximum atomic E-state index is 13.5. The molecule has 30 heavy (non-hydrogen) atoms. The molecule has 1 amide bonds. The van der Waals surface area contributed by atoms with Gasteiger partial charge in [0, 0.05) is 17.3 Å². The maximum Gasteiger partial charge on any atom is 0.239 e. The number of carbonyl (C=O) groups is 4. The third kappa shape index (κ3) is 2.69. The molecule has 1 aliphatic carbocycles. The quantitative estimate of drug-likeness (QED) is 0.323. The van der Waals surface area contributed by atoms with Gasteiger partial charge in [-0.15, -0.1) is 0 Å². The molecule has 0 saturated carbocycles. The van der Waals surface area contributed by atoms with E-state index >= 15 is 0 Å². The Balaban J connectivity index is 2.29. The number of ketones is 3. The van der Waals surface area contributed by atoms with Crippen molar-refractivity contribution >= 4 is 23.3 Å². The van der Waals surface area contributed by atoms with Gasteiger partial charge in [0.15, 0.2) is 17.3 Å². The number of benzene rings is 1. The molecular weight excluding hydrogens is 392 g/mol. The fourth-order valence-electron chi connectivity index (χ4n) is 3.83. The second-order valence-corrected chi connectivity index (χ2v) is 7.65. The fourth-order valence-corrected chi connectivity index (χ4v) is 3.83. The third-order valence-corrected chi connectivity index (χ3v) is 5.62. The number of phenolic OH excluding ortho intramolecular Hbond substituents is 2. The molecule has 5 N–H and O–H groups in total. The van der Waals surface area contributed by atoms with E-state index in [4.69, 9.17) is 10.5 Å². The normalized spacial score (nSPS) is 22.5. The summed E-state index contributed by atoms with van der Waals surface area (Å²) in [6.45, 7) is 7.03. The lowest BCUT2D eigenvalue weighted by molar-refractivity contribution is -0.124. The van der Waals surface area contributed by atoms with Crippen molar-refractivity contribution < 1.29 is 34.1 Å². The standard InChI is InChI=1S/C21H22N2O7/c1-7-16(26)14(10(4)24)18-15(17(7)27)21(5)12(30-18)6-11(25)13(19(21)28)8(2)23-9(3)20(22)29/h6,9,23,26-27H,1-5H3,(H2,22,29)/t9-,21-/m0/s1. The molecule has 9 nitrogen and oxygen atoms in total. The number of allylic oxidation sites excluding steroid dienone is 4. The molecule has 2 aliphatic rings. The summed E-state index contributed by atoms with van der Waals surface area (Å²) in [6.07, 6.45) is 1.10. The van der Waals surface area contributed by atoms with Gasteiger partial charge in [-0.2, -0.15) is 0 Å². The zero-order valence-corrected chi connectivity index (χ0v) is 17.2. The minimum atomic E-state index is -1.61. The SMILES string of the molecule is CC(=O)c1c(O)c(C)c(O)c2c1OC1=CC(=O)C(=C(C)N[C@@H](C)C(N)=O)C(=O)[C@@]12C. The summed E-state index contributed by atoms with van der Waals surface area (Å²) in [6, 6.07) is -0.833. The smallest absolute Gasteiger partial charge is 0.239 e. The molecule has 158 valence electrons. The van der Waals surface area contributed by atoms with Crippen LogP contribution in [0.3, 0.4) is 0 Å². The highest BCUT2D eigenvalue weighted by atomic mass is 16.5. The van der Waals surface area contributed by atoms with Crippen molar-refractivity contribution in [2.45, 2.75) is 46.1 Å². The molecule has 0 saturated heterocycles. The molecule has 3 rings (SSSR count).